The molecule has 1 heterocycles. The van der Waals surface area contributed by atoms with Crippen molar-refractivity contribution in [1.29, 1.82) is 0 Å². The Bertz CT molecular complexity index is 569. The number of aromatic nitrogens is 2. The summed E-state index contributed by atoms with van der Waals surface area (Å²) in [6.45, 7) is 2.60. The van der Waals surface area contributed by atoms with Crippen molar-refractivity contribution in [3.63, 3.8) is 0 Å². The Morgan fingerprint density at radius 3 is 2.79 bits per heavy atom. The summed E-state index contributed by atoms with van der Waals surface area (Å²) < 4.78 is 7.72. The van der Waals surface area contributed by atoms with Crippen LogP contribution in [0.15, 0.2) is 24.3 Å². The number of hydrogen-bond donors (Lipinski definition) is 0. The predicted octanol–water partition coefficient (Wildman–Crippen LogP) is 4.11. The van der Waals surface area contributed by atoms with Crippen LogP contribution in [0.4, 0.5) is 0 Å². The molecule has 102 valence electrons. The van der Waals surface area contributed by atoms with E-state index >= 15 is 0 Å². The van der Waals surface area contributed by atoms with E-state index in [0.29, 0.717) is 11.9 Å². The molecule has 5 heteroatoms. The van der Waals surface area contributed by atoms with Crippen LogP contribution in [0.25, 0.3) is 0 Å². The molecule has 0 N–H and O–H groups in total. The van der Waals surface area contributed by atoms with Gasteiger partial charge in [0.1, 0.15) is 12.4 Å². The Kier molecular flexibility index (Phi) is 4.88. The predicted molar refractivity (Wildman–Crippen MR) is 81.0 cm³/mol. The van der Waals surface area contributed by atoms with E-state index in [4.69, 9.17) is 16.3 Å². The molecule has 0 fully saturated rings. The summed E-state index contributed by atoms with van der Waals surface area (Å²) in [5.41, 5.74) is 3.19. The number of rotatable bonds is 5. The molecule has 2 rings (SSSR count). The monoisotopic (exact) mass is 342 g/mol. The molecule has 1 aromatic carbocycles. The number of alkyl halides is 1. The Morgan fingerprint density at radius 2 is 2.16 bits per heavy atom. The van der Waals surface area contributed by atoms with Crippen molar-refractivity contribution in [2.24, 2.45) is 7.05 Å². The van der Waals surface area contributed by atoms with Crippen LogP contribution < -0.4 is 4.74 Å². The van der Waals surface area contributed by atoms with Crippen molar-refractivity contribution in [3.8, 4) is 5.75 Å². The van der Waals surface area contributed by atoms with Crippen molar-refractivity contribution in [2.45, 2.75) is 25.3 Å². The van der Waals surface area contributed by atoms with Gasteiger partial charge in [0.25, 0.3) is 0 Å². The third kappa shape index (κ3) is 3.51. The second-order valence-corrected chi connectivity index (χ2v) is 5.28. The lowest BCUT2D eigenvalue weighted by Crippen LogP contribution is -2.04. The summed E-state index contributed by atoms with van der Waals surface area (Å²) in [5.74, 6) is 0.848. The normalized spacial score (nSPS) is 10.7. The lowest BCUT2D eigenvalue weighted by Gasteiger charge is -2.10. The average Bonchev–Trinajstić information content (AvgIpc) is 2.78. The van der Waals surface area contributed by atoms with Gasteiger partial charge in [-0.15, -0.1) is 0 Å². The van der Waals surface area contributed by atoms with Gasteiger partial charge in [0.05, 0.1) is 11.4 Å². The van der Waals surface area contributed by atoms with Crippen LogP contribution in [0, 0.1) is 0 Å². The van der Waals surface area contributed by atoms with Gasteiger partial charge >= 0.3 is 0 Å². The molecule has 0 aliphatic rings. The smallest absolute Gasteiger partial charge is 0.130 e. The van der Waals surface area contributed by atoms with Crippen molar-refractivity contribution in [1.82, 2.24) is 9.78 Å². The highest BCUT2D eigenvalue weighted by atomic mass is 79.9. The van der Waals surface area contributed by atoms with Gasteiger partial charge in [-0.05, 0) is 30.7 Å². The molecular formula is C14H16BrClN2O. The van der Waals surface area contributed by atoms with Crippen LogP contribution >= 0.6 is 27.5 Å². The average molecular weight is 344 g/mol. The number of benzene rings is 1. The number of aryl methyl sites for hydroxylation is 2. The van der Waals surface area contributed by atoms with Crippen LogP contribution in [0.2, 0.25) is 5.02 Å². The SMILES string of the molecule is CCc1cc(COc2ccc(Cl)cc2CBr)n(C)n1. The fourth-order valence-electron chi connectivity index (χ4n) is 1.82. The third-order valence-electron chi connectivity index (χ3n) is 2.93. The molecule has 0 bridgehead atoms. The van der Waals surface area contributed by atoms with Crippen LogP contribution in [-0.2, 0) is 25.4 Å². The molecule has 2 aromatic rings. The molecule has 0 amide bonds. The fourth-order valence-corrected chi connectivity index (χ4v) is 2.46. The van der Waals surface area contributed by atoms with Crippen molar-refractivity contribution < 1.29 is 4.74 Å². The van der Waals surface area contributed by atoms with Crippen molar-refractivity contribution >= 4 is 27.5 Å². The van der Waals surface area contributed by atoms with E-state index in [-0.39, 0.29) is 0 Å². The van der Waals surface area contributed by atoms with Crippen molar-refractivity contribution in [2.75, 3.05) is 0 Å². The topological polar surface area (TPSA) is 27.1 Å². The summed E-state index contributed by atoms with van der Waals surface area (Å²) in [6, 6.07) is 7.72. The Balaban J connectivity index is 2.11. The summed E-state index contributed by atoms with van der Waals surface area (Å²) >= 11 is 9.41. The molecule has 3 nitrogen and oxygen atoms in total. The zero-order valence-corrected chi connectivity index (χ0v) is 13.3. The lowest BCUT2D eigenvalue weighted by molar-refractivity contribution is 0.293. The minimum Gasteiger partial charge on any atom is -0.487 e. The summed E-state index contributed by atoms with van der Waals surface area (Å²) in [7, 11) is 1.94. The highest BCUT2D eigenvalue weighted by molar-refractivity contribution is 9.08. The highest BCUT2D eigenvalue weighted by Gasteiger charge is 2.07. The third-order valence-corrected chi connectivity index (χ3v) is 3.77. The maximum Gasteiger partial charge on any atom is 0.130 e. The van der Waals surface area contributed by atoms with Gasteiger partial charge in [0.15, 0.2) is 0 Å². The molecule has 0 aliphatic heterocycles. The molecule has 0 spiro atoms. The molecule has 19 heavy (non-hydrogen) atoms. The number of nitrogens with zero attached hydrogens (tertiary/aromatic N) is 2. The van der Waals surface area contributed by atoms with Gasteiger partial charge in [-0.1, -0.05) is 34.5 Å². The van der Waals surface area contributed by atoms with E-state index in [2.05, 4.69) is 34.0 Å². The number of hydrogen-bond acceptors (Lipinski definition) is 2. The molecular weight excluding hydrogens is 328 g/mol. The van der Waals surface area contributed by atoms with Crippen molar-refractivity contribution in [3.05, 3.63) is 46.2 Å². The molecule has 0 atom stereocenters. The van der Waals surface area contributed by atoms with E-state index < -0.39 is 0 Å². The first kappa shape index (κ1) is 14.4. The summed E-state index contributed by atoms with van der Waals surface area (Å²) in [6.07, 6.45) is 0.932. The van der Waals surface area contributed by atoms with Crippen LogP contribution in [-0.4, -0.2) is 9.78 Å². The van der Waals surface area contributed by atoms with Gasteiger partial charge < -0.3 is 4.74 Å². The van der Waals surface area contributed by atoms with Gasteiger partial charge in [0, 0.05) is 23.0 Å². The van der Waals surface area contributed by atoms with Gasteiger partial charge in [-0.25, -0.2) is 0 Å². The first-order valence-electron chi connectivity index (χ1n) is 6.13. The minimum atomic E-state index is 0.505. The quantitative estimate of drug-likeness (QED) is 0.764. The standard InChI is InChI=1S/C14H16BrClN2O/c1-3-12-7-13(18(2)17-12)9-19-14-5-4-11(16)6-10(14)8-15/h4-7H,3,8-9H2,1-2H3. The van der Waals surface area contributed by atoms with E-state index in [9.17, 15) is 0 Å². The fraction of sp³-hybridized carbons (Fsp3) is 0.357. The summed E-state index contributed by atoms with van der Waals surface area (Å²) in [5, 5.41) is 5.84. The van der Waals surface area contributed by atoms with Crippen LogP contribution in [0.1, 0.15) is 23.9 Å². The first-order chi connectivity index (χ1) is 9.13. The van der Waals surface area contributed by atoms with Gasteiger partial charge in [-0.2, -0.15) is 5.10 Å². The maximum absolute atomic E-state index is 5.97. The highest BCUT2D eigenvalue weighted by Crippen LogP contribution is 2.25. The van der Waals surface area contributed by atoms with E-state index in [1.54, 1.807) is 0 Å². The molecule has 0 aliphatic carbocycles. The van der Waals surface area contributed by atoms with E-state index in [1.165, 1.54) is 0 Å². The lowest BCUT2D eigenvalue weighted by atomic mass is 10.2. The molecule has 1 aromatic heterocycles. The van der Waals surface area contributed by atoms with E-state index in [1.807, 2.05) is 29.9 Å². The first-order valence-corrected chi connectivity index (χ1v) is 7.63. The molecule has 0 saturated carbocycles. The largest absolute Gasteiger partial charge is 0.487 e. The zero-order chi connectivity index (χ0) is 13.8. The molecule has 0 saturated heterocycles. The van der Waals surface area contributed by atoms with Gasteiger partial charge in [0.2, 0.25) is 0 Å². The second kappa shape index (κ2) is 6.44. The molecule has 0 radical (unpaired) electrons. The Morgan fingerprint density at radius 1 is 1.37 bits per heavy atom. The number of halogens is 2. The summed E-state index contributed by atoms with van der Waals surface area (Å²) in [4.78, 5) is 0. The Hall–Kier alpha value is -1.00. The van der Waals surface area contributed by atoms with E-state index in [0.717, 1.165) is 34.1 Å². The maximum atomic E-state index is 5.97. The zero-order valence-electron chi connectivity index (χ0n) is 11.0. The van der Waals surface area contributed by atoms with Gasteiger partial charge in [-0.3, -0.25) is 4.68 Å². The molecule has 0 unspecified atom stereocenters. The van der Waals surface area contributed by atoms with Crippen LogP contribution in [0.3, 0.4) is 0 Å². The minimum absolute atomic E-state index is 0.505. The number of ether oxygens (including phenoxy) is 1. The Labute approximate surface area is 126 Å². The van der Waals surface area contributed by atoms with Crippen LogP contribution in [0.5, 0.6) is 5.75 Å². The second-order valence-electron chi connectivity index (χ2n) is 4.28.